The van der Waals surface area contributed by atoms with E-state index in [0.717, 1.165) is 6.07 Å². The van der Waals surface area contributed by atoms with Crippen LogP contribution in [0.15, 0.2) is 49.1 Å². The summed E-state index contributed by atoms with van der Waals surface area (Å²) in [6.07, 6.45) is 0.529. The van der Waals surface area contributed by atoms with Crippen molar-refractivity contribution in [3.63, 3.8) is 0 Å². The molecule has 0 spiro atoms. The summed E-state index contributed by atoms with van der Waals surface area (Å²) < 4.78 is 67.1. The summed E-state index contributed by atoms with van der Waals surface area (Å²) in [4.78, 5) is 26.5. The minimum Gasteiger partial charge on any atom is -0.462 e. The molecule has 2 aliphatic heterocycles. The Morgan fingerprint density at radius 2 is 1.93 bits per heavy atom. The van der Waals surface area contributed by atoms with Crippen LogP contribution in [0.25, 0.3) is 32.8 Å². The number of hydrogen-bond donors (Lipinski definition) is 0. The van der Waals surface area contributed by atoms with Gasteiger partial charge in [0.15, 0.2) is 5.82 Å². The maximum atomic E-state index is 16.6. The van der Waals surface area contributed by atoms with Gasteiger partial charge in [0.25, 0.3) is 0 Å². The molecule has 3 heterocycles. The highest BCUT2D eigenvalue weighted by Gasteiger charge is 2.32. The van der Waals surface area contributed by atoms with Gasteiger partial charge in [-0.05, 0) is 49.6 Å². The van der Waals surface area contributed by atoms with Gasteiger partial charge in [-0.1, -0.05) is 42.4 Å². The molecule has 0 unspecified atom stereocenters. The number of halogens is 5. The summed E-state index contributed by atoms with van der Waals surface area (Å²) in [5.74, 6) is -2.60. The number of aromatic nitrogens is 2. The third-order valence-corrected chi connectivity index (χ3v) is 8.84. The molecule has 12 heteroatoms. The van der Waals surface area contributed by atoms with E-state index in [-0.39, 0.29) is 76.3 Å². The van der Waals surface area contributed by atoms with Gasteiger partial charge in [-0.15, -0.1) is 0 Å². The lowest BCUT2D eigenvalue weighted by Crippen LogP contribution is -2.53. The number of ether oxygens (including phenoxy) is 1. The van der Waals surface area contributed by atoms with Crippen molar-refractivity contribution in [2.75, 3.05) is 44.7 Å². The van der Waals surface area contributed by atoms with Crippen molar-refractivity contribution in [1.82, 2.24) is 19.8 Å². The molecule has 44 heavy (non-hydrogen) atoms. The molecule has 2 fully saturated rings. The standard InChI is InChI=1S/C32H30ClF4N5O2/c1-4-25(43)41-10-11-42(17(2)14-41)31-22-13-24(36)27(21-7-5-6-18-8-9-23(35)28(33)26(18)21)29(37)30(22)38-32(39-31)44-16-20-12-19(34)15-40(20)3/h4-9,13,17,19-20H,1,10-12,14-16H2,2-3H3/t17-,19+,20-/m0/s1. The van der Waals surface area contributed by atoms with Gasteiger partial charge in [0, 0.05) is 49.0 Å². The van der Waals surface area contributed by atoms with Crippen LogP contribution in [-0.2, 0) is 4.79 Å². The van der Waals surface area contributed by atoms with Crippen LogP contribution in [0.3, 0.4) is 0 Å². The van der Waals surface area contributed by atoms with E-state index in [4.69, 9.17) is 16.3 Å². The lowest BCUT2D eigenvalue weighted by molar-refractivity contribution is -0.126. The molecule has 6 rings (SSSR count). The predicted octanol–water partition coefficient (Wildman–Crippen LogP) is 6.16. The first-order chi connectivity index (χ1) is 21.1. The fraction of sp³-hybridized carbons (Fsp3) is 0.344. The number of carbonyl (C=O) groups is 1. The number of carbonyl (C=O) groups excluding carboxylic acids is 1. The maximum Gasteiger partial charge on any atom is 0.319 e. The normalized spacial score (nSPS) is 20.9. The maximum absolute atomic E-state index is 16.6. The monoisotopic (exact) mass is 627 g/mol. The second-order valence-electron chi connectivity index (χ2n) is 11.3. The first-order valence-electron chi connectivity index (χ1n) is 14.3. The first-order valence-corrected chi connectivity index (χ1v) is 14.7. The van der Waals surface area contributed by atoms with Gasteiger partial charge >= 0.3 is 6.01 Å². The second-order valence-corrected chi connectivity index (χ2v) is 11.7. The molecule has 1 aromatic heterocycles. The molecule has 0 N–H and O–H groups in total. The number of alkyl halides is 1. The Morgan fingerprint density at radius 3 is 2.64 bits per heavy atom. The van der Waals surface area contributed by atoms with Crippen LogP contribution >= 0.6 is 11.6 Å². The number of amides is 1. The lowest BCUT2D eigenvalue weighted by atomic mass is 9.96. The van der Waals surface area contributed by atoms with E-state index in [9.17, 15) is 13.6 Å². The average Bonchev–Trinajstić information content (AvgIpc) is 3.33. The number of rotatable bonds is 6. The lowest BCUT2D eigenvalue weighted by Gasteiger charge is -2.40. The van der Waals surface area contributed by atoms with E-state index >= 15 is 8.78 Å². The number of benzene rings is 3. The highest BCUT2D eigenvalue weighted by Crippen LogP contribution is 2.41. The number of fused-ring (bicyclic) bond motifs is 2. The van der Waals surface area contributed by atoms with Crippen molar-refractivity contribution < 1.29 is 27.1 Å². The van der Waals surface area contributed by atoms with Gasteiger partial charge < -0.3 is 14.5 Å². The van der Waals surface area contributed by atoms with E-state index in [0.29, 0.717) is 25.0 Å². The van der Waals surface area contributed by atoms with Crippen molar-refractivity contribution >= 4 is 45.0 Å². The Hall–Kier alpha value is -3.96. The summed E-state index contributed by atoms with van der Waals surface area (Å²) in [5, 5.41) is 0.523. The third-order valence-electron chi connectivity index (χ3n) is 8.47. The van der Waals surface area contributed by atoms with Gasteiger partial charge in [-0.25, -0.2) is 17.6 Å². The van der Waals surface area contributed by atoms with E-state index in [1.165, 1.54) is 24.3 Å². The van der Waals surface area contributed by atoms with E-state index < -0.39 is 29.2 Å². The van der Waals surface area contributed by atoms with Gasteiger partial charge in [0.05, 0.1) is 10.6 Å². The fourth-order valence-electron chi connectivity index (χ4n) is 6.19. The number of anilines is 1. The van der Waals surface area contributed by atoms with Crippen molar-refractivity contribution in [2.45, 2.75) is 31.6 Å². The molecule has 1 amide bonds. The summed E-state index contributed by atoms with van der Waals surface area (Å²) in [7, 11) is 1.79. The molecule has 0 saturated carbocycles. The minimum absolute atomic E-state index is 0.0624. The minimum atomic E-state index is -0.990. The van der Waals surface area contributed by atoms with Crippen LogP contribution in [0.1, 0.15) is 13.3 Å². The Kier molecular flexibility index (Phi) is 8.10. The molecule has 3 aromatic carbocycles. The number of hydrogen-bond acceptors (Lipinski definition) is 6. The second kappa shape index (κ2) is 11.9. The molecular weight excluding hydrogens is 598 g/mol. The highest BCUT2D eigenvalue weighted by molar-refractivity contribution is 6.37. The zero-order valence-electron chi connectivity index (χ0n) is 24.2. The summed E-state index contributed by atoms with van der Waals surface area (Å²) in [5.41, 5.74) is -0.555. The Labute approximate surface area is 256 Å². The molecule has 2 saturated heterocycles. The molecule has 3 atom stereocenters. The average molecular weight is 628 g/mol. The van der Waals surface area contributed by atoms with Crippen LogP contribution in [0.4, 0.5) is 23.4 Å². The molecule has 2 aliphatic rings. The van der Waals surface area contributed by atoms with Crippen LogP contribution in [0.5, 0.6) is 6.01 Å². The number of nitrogens with zero attached hydrogens (tertiary/aromatic N) is 5. The van der Waals surface area contributed by atoms with Gasteiger partial charge in [0.1, 0.15) is 35.7 Å². The van der Waals surface area contributed by atoms with Crippen molar-refractivity contribution in [1.29, 1.82) is 0 Å². The number of likely N-dealkylation sites (tertiary alicyclic amines) is 1. The quantitative estimate of drug-likeness (QED) is 0.188. The molecule has 7 nitrogen and oxygen atoms in total. The summed E-state index contributed by atoms with van der Waals surface area (Å²) in [6, 6.07) is 7.93. The third kappa shape index (κ3) is 5.32. The van der Waals surface area contributed by atoms with Gasteiger partial charge in [-0.2, -0.15) is 9.97 Å². The molecule has 0 radical (unpaired) electrons. The largest absolute Gasteiger partial charge is 0.462 e. The van der Waals surface area contributed by atoms with Crippen molar-refractivity contribution in [2.24, 2.45) is 0 Å². The van der Waals surface area contributed by atoms with Crippen molar-refractivity contribution in [3.05, 3.63) is 71.5 Å². The number of likely N-dealkylation sites (N-methyl/N-ethyl adjacent to an activating group) is 1. The zero-order chi connectivity index (χ0) is 31.3. The van der Waals surface area contributed by atoms with E-state index in [1.807, 2.05) is 16.7 Å². The fourth-order valence-corrected chi connectivity index (χ4v) is 6.46. The van der Waals surface area contributed by atoms with E-state index in [1.54, 1.807) is 24.1 Å². The molecule has 230 valence electrons. The molecule has 0 bridgehead atoms. The Morgan fingerprint density at radius 1 is 1.14 bits per heavy atom. The van der Waals surface area contributed by atoms with Gasteiger partial charge in [-0.3, -0.25) is 9.69 Å². The van der Waals surface area contributed by atoms with Crippen LogP contribution in [0, 0.1) is 17.5 Å². The zero-order valence-corrected chi connectivity index (χ0v) is 24.9. The van der Waals surface area contributed by atoms with Crippen LogP contribution in [0.2, 0.25) is 5.02 Å². The first kappa shape index (κ1) is 30.1. The topological polar surface area (TPSA) is 61.8 Å². The molecule has 4 aromatic rings. The number of piperazine rings is 1. The Balaban J connectivity index is 1.50. The van der Waals surface area contributed by atoms with Crippen molar-refractivity contribution in [3.8, 4) is 17.1 Å². The van der Waals surface area contributed by atoms with Crippen LogP contribution in [-0.4, -0.2) is 83.8 Å². The summed E-state index contributed by atoms with van der Waals surface area (Å²) in [6.45, 7) is 6.76. The predicted molar refractivity (Wildman–Crippen MR) is 162 cm³/mol. The SMILES string of the molecule is C=CC(=O)N1CCN(c2nc(OC[C@@H]3C[C@@H](F)CN3C)nc3c(F)c(-c4cccc5ccc(F)c(Cl)c45)c(F)cc23)[C@@H](C)C1. The Bertz CT molecular complexity index is 1790. The molecule has 0 aliphatic carbocycles. The molecular formula is C32H30ClF4N5O2. The highest BCUT2D eigenvalue weighted by atomic mass is 35.5. The smallest absolute Gasteiger partial charge is 0.319 e. The van der Waals surface area contributed by atoms with Crippen LogP contribution < -0.4 is 9.64 Å². The van der Waals surface area contributed by atoms with E-state index in [2.05, 4.69) is 16.5 Å². The summed E-state index contributed by atoms with van der Waals surface area (Å²) >= 11 is 6.31. The van der Waals surface area contributed by atoms with Gasteiger partial charge in [0.2, 0.25) is 5.91 Å².